The first-order valence-electron chi connectivity index (χ1n) is 4.43. The molecule has 0 aliphatic carbocycles. The SMILES string of the molecule is CSc1c(CO)sc2cccc(C)c12. The number of aliphatic hydroxyl groups is 1. The summed E-state index contributed by atoms with van der Waals surface area (Å²) in [7, 11) is 0. The molecule has 0 amide bonds. The molecule has 1 heterocycles. The third kappa shape index (κ3) is 1.45. The monoisotopic (exact) mass is 224 g/mol. The van der Waals surface area contributed by atoms with E-state index in [-0.39, 0.29) is 6.61 Å². The minimum Gasteiger partial charge on any atom is -0.391 e. The van der Waals surface area contributed by atoms with Gasteiger partial charge in [0.05, 0.1) is 6.61 Å². The number of thioether (sulfide) groups is 1. The van der Waals surface area contributed by atoms with E-state index in [2.05, 4.69) is 31.4 Å². The Hall–Kier alpha value is -0.510. The standard InChI is InChI=1S/C11H12OS2/c1-7-4-3-5-8-10(7)11(13-2)9(6-12)14-8/h3-5,12H,6H2,1-2H3. The van der Waals surface area contributed by atoms with Gasteiger partial charge in [-0.3, -0.25) is 0 Å². The predicted octanol–water partition coefficient (Wildman–Crippen LogP) is 3.42. The van der Waals surface area contributed by atoms with Gasteiger partial charge in [0.2, 0.25) is 0 Å². The Labute approximate surface area is 91.8 Å². The van der Waals surface area contributed by atoms with Gasteiger partial charge in [0.1, 0.15) is 0 Å². The lowest BCUT2D eigenvalue weighted by Crippen LogP contribution is -1.80. The van der Waals surface area contributed by atoms with Gasteiger partial charge in [-0.05, 0) is 24.8 Å². The predicted molar refractivity (Wildman–Crippen MR) is 64.3 cm³/mol. The van der Waals surface area contributed by atoms with Gasteiger partial charge in [-0.1, -0.05) is 12.1 Å². The molecule has 2 rings (SSSR count). The number of aliphatic hydroxyl groups excluding tert-OH is 1. The van der Waals surface area contributed by atoms with Crippen molar-refractivity contribution in [3.05, 3.63) is 28.6 Å². The number of benzene rings is 1. The fourth-order valence-corrected chi connectivity index (χ4v) is 3.90. The van der Waals surface area contributed by atoms with Gasteiger partial charge in [-0.2, -0.15) is 0 Å². The molecular formula is C11H12OS2. The van der Waals surface area contributed by atoms with Gasteiger partial charge in [0.15, 0.2) is 0 Å². The molecule has 3 heteroatoms. The molecule has 1 aromatic heterocycles. The van der Waals surface area contributed by atoms with Crippen LogP contribution in [0, 0.1) is 6.92 Å². The summed E-state index contributed by atoms with van der Waals surface area (Å²) in [6.45, 7) is 2.27. The molecule has 0 unspecified atom stereocenters. The lowest BCUT2D eigenvalue weighted by molar-refractivity contribution is 0.283. The maximum atomic E-state index is 9.24. The molecule has 0 spiro atoms. The summed E-state index contributed by atoms with van der Waals surface area (Å²) in [6, 6.07) is 6.31. The first kappa shape index (κ1) is 10.0. The topological polar surface area (TPSA) is 20.2 Å². The zero-order chi connectivity index (χ0) is 10.1. The summed E-state index contributed by atoms with van der Waals surface area (Å²) in [4.78, 5) is 2.33. The largest absolute Gasteiger partial charge is 0.391 e. The number of hydrogen-bond donors (Lipinski definition) is 1. The normalized spacial score (nSPS) is 11.1. The first-order chi connectivity index (χ1) is 6.77. The smallest absolute Gasteiger partial charge is 0.0786 e. The molecular weight excluding hydrogens is 212 g/mol. The Balaban J connectivity index is 2.81. The molecule has 1 nitrogen and oxygen atoms in total. The molecule has 0 aliphatic heterocycles. The lowest BCUT2D eigenvalue weighted by Gasteiger charge is -1.99. The van der Waals surface area contributed by atoms with Crippen LogP contribution in [-0.2, 0) is 6.61 Å². The average molecular weight is 224 g/mol. The van der Waals surface area contributed by atoms with Crippen LogP contribution in [0.1, 0.15) is 10.4 Å². The van der Waals surface area contributed by atoms with E-state index < -0.39 is 0 Å². The Morgan fingerprint density at radius 1 is 1.43 bits per heavy atom. The Morgan fingerprint density at radius 2 is 2.21 bits per heavy atom. The van der Waals surface area contributed by atoms with Crippen molar-refractivity contribution in [2.45, 2.75) is 18.4 Å². The molecule has 1 aromatic carbocycles. The number of fused-ring (bicyclic) bond motifs is 1. The van der Waals surface area contributed by atoms with Crippen molar-refractivity contribution < 1.29 is 5.11 Å². The van der Waals surface area contributed by atoms with E-state index in [4.69, 9.17) is 0 Å². The molecule has 0 aliphatic rings. The van der Waals surface area contributed by atoms with Crippen molar-refractivity contribution in [1.29, 1.82) is 0 Å². The first-order valence-corrected chi connectivity index (χ1v) is 6.48. The van der Waals surface area contributed by atoms with E-state index in [0.29, 0.717) is 0 Å². The lowest BCUT2D eigenvalue weighted by atomic mass is 10.1. The van der Waals surface area contributed by atoms with E-state index in [1.807, 2.05) is 0 Å². The van der Waals surface area contributed by atoms with Crippen LogP contribution >= 0.6 is 23.1 Å². The molecule has 2 aromatic rings. The van der Waals surface area contributed by atoms with E-state index in [0.717, 1.165) is 4.88 Å². The van der Waals surface area contributed by atoms with Gasteiger partial charge in [-0.15, -0.1) is 23.1 Å². The highest BCUT2D eigenvalue weighted by Crippen LogP contribution is 2.38. The number of thiophene rings is 1. The van der Waals surface area contributed by atoms with Crippen LogP contribution in [0.25, 0.3) is 10.1 Å². The number of aryl methyl sites for hydroxylation is 1. The van der Waals surface area contributed by atoms with Crippen LogP contribution in [0.2, 0.25) is 0 Å². The fourth-order valence-electron chi connectivity index (χ4n) is 1.66. The highest BCUT2D eigenvalue weighted by molar-refractivity contribution is 7.99. The molecule has 0 saturated heterocycles. The maximum Gasteiger partial charge on any atom is 0.0786 e. The van der Waals surface area contributed by atoms with Crippen molar-refractivity contribution in [2.75, 3.05) is 6.26 Å². The Kier molecular flexibility index (Phi) is 2.81. The molecule has 0 bridgehead atoms. The van der Waals surface area contributed by atoms with Gasteiger partial charge in [0, 0.05) is 19.9 Å². The quantitative estimate of drug-likeness (QED) is 0.789. The summed E-state index contributed by atoms with van der Waals surface area (Å²) in [6.07, 6.45) is 2.06. The molecule has 14 heavy (non-hydrogen) atoms. The van der Waals surface area contributed by atoms with Crippen LogP contribution in [-0.4, -0.2) is 11.4 Å². The zero-order valence-corrected chi connectivity index (χ0v) is 9.84. The molecule has 0 saturated carbocycles. The van der Waals surface area contributed by atoms with E-state index >= 15 is 0 Å². The summed E-state index contributed by atoms with van der Waals surface area (Å²) < 4.78 is 1.28. The molecule has 0 radical (unpaired) electrons. The van der Waals surface area contributed by atoms with Crippen molar-refractivity contribution in [2.24, 2.45) is 0 Å². The van der Waals surface area contributed by atoms with Gasteiger partial charge < -0.3 is 5.11 Å². The second-order valence-electron chi connectivity index (χ2n) is 3.16. The maximum absolute atomic E-state index is 9.24. The highest BCUT2D eigenvalue weighted by atomic mass is 32.2. The number of rotatable bonds is 2. The van der Waals surface area contributed by atoms with E-state index in [1.165, 1.54) is 20.5 Å². The average Bonchev–Trinajstić information content (AvgIpc) is 2.56. The van der Waals surface area contributed by atoms with Crippen LogP contribution in [0.3, 0.4) is 0 Å². The molecule has 1 N–H and O–H groups in total. The Bertz CT molecular complexity index is 460. The summed E-state index contributed by atoms with van der Waals surface area (Å²) in [5, 5.41) is 10.6. The molecule has 0 atom stereocenters. The third-order valence-electron chi connectivity index (χ3n) is 2.30. The second-order valence-corrected chi connectivity index (χ2v) is 5.12. The van der Waals surface area contributed by atoms with Gasteiger partial charge in [0.25, 0.3) is 0 Å². The minimum atomic E-state index is 0.148. The van der Waals surface area contributed by atoms with Crippen molar-refractivity contribution >= 4 is 33.2 Å². The summed E-state index contributed by atoms with van der Waals surface area (Å²) in [5.74, 6) is 0. The van der Waals surface area contributed by atoms with Crippen LogP contribution in [0.5, 0.6) is 0 Å². The molecule has 74 valence electrons. The van der Waals surface area contributed by atoms with Gasteiger partial charge >= 0.3 is 0 Å². The van der Waals surface area contributed by atoms with Crippen molar-refractivity contribution in [3.8, 4) is 0 Å². The zero-order valence-electron chi connectivity index (χ0n) is 8.20. The second kappa shape index (κ2) is 3.93. The molecule has 0 fully saturated rings. The van der Waals surface area contributed by atoms with Crippen molar-refractivity contribution in [1.82, 2.24) is 0 Å². The number of hydrogen-bond acceptors (Lipinski definition) is 3. The fraction of sp³-hybridized carbons (Fsp3) is 0.273. The van der Waals surface area contributed by atoms with Crippen molar-refractivity contribution in [3.63, 3.8) is 0 Å². The van der Waals surface area contributed by atoms with E-state index in [1.54, 1.807) is 23.1 Å². The summed E-state index contributed by atoms with van der Waals surface area (Å²) >= 11 is 3.41. The van der Waals surface area contributed by atoms with Crippen LogP contribution in [0.4, 0.5) is 0 Å². The Morgan fingerprint density at radius 3 is 2.86 bits per heavy atom. The van der Waals surface area contributed by atoms with Gasteiger partial charge in [-0.25, -0.2) is 0 Å². The minimum absolute atomic E-state index is 0.148. The summed E-state index contributed by atoms with van der Waals surface area (Å²) in [5.41, 5.74) is 1.29. The van der Waals surface area contributed by atoms with E-state index in [9.17, 15) is 5.11 Å². The third-order valence-corrected chi connectivity index (χ3v) is 4.42. The highest BCUT2D eigenvalue weighted by Gasteiger charge is 2.11. The van der Waals surface area contributed by atoms with Crippen LogP contribution in [0.15, 0.2) is 23.1 Å². The van der Waals surface area contributed by atoms with Crippen LogP contribution < -0.4 is 0 Å².